The predicted octanol–water partition coefficient (Wildman–Crippen LogP) is 0.229. The molecule has 0 radical (unpaired) electrons. The Balaban J connectivity index is 1.86. The minimum absolute atomic E-state index is 0.00676. The Morgan fingerprint density at radius 1 is 1.14 bits per heavy atom. The van der Waals surface area contributed by atoms with Gasteiger partial charge in [-0.25, -0.2) is 4.98 Å². The molecule has 1 aliphatic rings. The van der Waals surface area contributed by atoms with Crippen LogP contribution in [0.3, 0.4) is 0 Å². The van der Waals surface area contributed by atoms with Gasteiger partial charge in [-0.05, 0) is 13.3 Å². The van der Waals surface area contributed by atoms with Crippen molar-refractivity contribution < 1.29 is 19.2 Å². The van der Waals surface area contributed by atoms with E-state index in [1.54, 1.807) is 11.1 Å². The van der Waals surface area contributed by atoms with Gasteiger partial charge in [0.15, 0.2) is 0 Å². The number of hydrogen-bond acceptors (Lipinski definition) is 5. The summed E-state index contributed by atoms with van der Waals surface area (Å²) >= 11 is 0. The fourth-order valence-corrected chi connectivity index (χ4v) is 3.34. The normalized spacial score (nSPS) is 14.6. The van der Waals surface area contributed by atoms with Gasteiger partial charge in [0, 0.05) is 38.7 Å². The average molecular weight is 407 g/mol. The lowest BCUT2D eigenvalue weighted by molar-refractivity contribution is -0.908. The molecule has 1 saturated heterocycles. The molecule has 8 nitrogen and oxygen atoms in total. The largest absolute Gasteiger partial charge is 0.370 e. The third kappa shape index (κ3) is 8.87. The summed E-state index contributed by atoms with van der Waals surface area (Å²) in [5, 5.41) is 2.94. The highest BCUT2D eigenvalue weighted by Crippen LogP contribution is 2.04. The molecule has 1 fully saturated rings. The molecular formula is C21H36N5O3+. The van der Waals surface area contributed by atoms with Crippen LogP contribution in [0.5, 0.6) is 0 Å². The zero-order chi connectivity index (χ0) is 20.9. The molecule has 2 amide bonds. The van der Waals surface area contributed by atoms with E-state index in [1.165, 1.54) is 11.1 Å². The molecule has 2 heterocycles. The lowest BCUT2D eigenvalue weighted by atomic mass is 10.2. The van der Waals surface area contributed by atoms with Gasteiger partial charge in [-0.15, -0.1) is 0 Å². The standard InChI is InChI=1S/C21H35N5O3/c1-3-4-5-8-22-20(27)7-11-26(10-6-9-25-12-14-29-15-13-25)21(28)19-17-23-18(2)16-24-19/h16-17H,3-15H2,1-2H3,(H,22,27)/p+1. The van der Waals surface area contributed by atoms with Crippen LogP contribution >= 0.6 is 0 Å². The molecule has 0 spiro atoms. The quantitative estimate of drug-likeness (QED) is 0.485. The number of amides is 2. The molecule has 1 aromatic rings. The molecule has 1 aromatic heterocycles. The Morgan fingerprint density at radius 3 is 2.62 bits per heavy atom. The lowest BCUT2D eigenvalue weighted by Gasteiger charge is -2.26. The van der Waals surface area contributed by atoms with Crippen molar-refractivity contribution in [2.45, 2.75) is 46.0 Å². The van der Waals surface area contributed by atoms with E-state index in [2.05, 4.69) is 22.2 Å². The summed E-state index contributed by atoms with van der Waals surface area (Å²) in [5.74, 6) is -0.166. The van der Waals surface area contributed by atoms with E-state index in [4.69, 9.17) is 4.74 Å². The monoisotopic (exact) mass is 406 g/mol. The summed E-state index contributed by atoms with van der Waals surface area (Å²) in [5.41, 5.74) is 1.10. The topological polar surface area (TPSA) is 88.9 Å². The number of carbonyl (C=O) groups excluding carboxylic acids is 2. The minimum atomic E-state index is -0.159. The summed E-state index contributed by atoms with van der Waals surface area (Å²) in [6.45, 7) is 10.3. The summed E-state index contributed by atoms with van der Waals surface area (Å²) in [6, 6.07) is 0. The summed E-state index contributed by atoms with van der Waals surface area (Å²) in [4.78, 5) is 36.7. The van der Waals surface area contributed by atoms with Crippen molar-refractivity contribution in [1.29, 1.82) is 0 Å². The second-order valence-corrected chi connectivity index (χ2v) is 7.61. The number of aryl methyl sites for hydroxylation is 1. The molecule has 0 atom stereocenters. The highest BCUT2D eigenvalue weighted by molar-refractivity contribution is 5.92. The van der Waals surface area contributed by atoms with E-state index in [9.17, 15) is 9.59 Å². The van der Waals surface area contributed by atoms with E-state index in [0.29, 0.717) is 31.7 Å². The SMILES string of the molecule is CCCCCNC(=O)CCN(CCC[NH+]1CCOCC1)C(=O)c1cnc(C)cn1. The number of quaternary nitrogens is 1. The lowest BCUT2D eigenvalue weighted by Crippen LogP contribution is -3.14. The number of unbranched alkanes of at least 4 members (excludes halogenated alkanes) is 2. The van der Waals surface area contributed by atoms with Crippen molar-refractivity contribution in [3.05, 3.63) is 23.8 Å². The highest BCUT2D eigenvalue weighted by Gasteiger charge is 2.20. The van der Waals surface area contributed by atoms with Crippen LogP contribution in [0.1, 0.15) is 55.2 Å². The maximum Gasteiger partial charge on any atom is 0.274 e. The maximum absolute atomic E-state index is 12.9. The summed E-state index contributed by atoms with van der Waals surface area (Å²) in [6.07, 6.45) is 7.54. The molecule has 1 aliphatic heterocycles. The van der Waals surface area contributed by atoms with E-state index in [1.807, 2.05) is 6.92 Å². The van der Waals surface area contributed by atoms with Gasteiger partial charge in [0.05, 0.1) is 31.6 Å². The maximum atomic E-state index is 12.9. The van der Waals surface area contributed by atoms with Gasteiger partial charge in [-0.3, -0.25) is 14.6 Å². The van der Waals surface area contributed by atoms with Gasteiger partial charge in [0.25, 0.3) is 5.91 Å². The van der Waals surface area contributed by atoms with Crippen LogP contribution in [0.15, 0.2) is 12.4 Å². The smallest absolute Gasteiger partial charge is 0.274 e. The first kappa shape index (κ1) is 23.2. The number of nitrogens with zero attached hydrogens (tertiary/aromatic N) is 3. The Hall–Kier alpha value is -2.06. The second-order valence-electron chi connectivity index (χ2n) is 7.61. The van der Waals surface area contributed by atoms with Crippen molar-refractivity contribution in [2.24, 2.45) is 0 Å². The fraction of sp³-hybridized carbons (Fsp3) is 0.714. The van der Waals surface area contributed by atoms with Crippen LogP contribution in [-0.2, 0) is 9.53 Å². The van der Waals surface area contributed by atoms with Gasteiger partial charge in [0.2, 0.25) is 5.91 Å². The molecule has 8 heteroatoms. The molecule has 0 saturated carbocycles. The van der Waals surface area contributed by atoms with Crippen molar-refractivity contribution in [3.8, 4) is 0 Å². The zero-order valence-corrected chi connectivity index (χ0v) is 17.9. The first-order chi connectivity index (χ1) is 14.1. The van der Waals surface area contributed by atoms with E-state index >= 15 is 0 Å². The molecule has 162 valence electrons. The van der Waals surface area contributed by atoms with Gasteiger partial charge in [-0.2, -0.15) is 0 Å². The van der Waals surface area contributed by atoms with E-state index in [-0.39, 0.29) is 11.8 Å². The Kier molecular flexibility index (Phi) is 10.6. The molecular weight excluding hydrogens is 370 g/mol. The second kappa shape index (κ2) is 13.2. The average Bonchev–Trinajstić information content (AvgIpc) is 2.74. The zero-order valence-electron chi connectivity index (χ0n) is 17.9. The first-order valence-electron chi connectivity index (χ1n) is 10.9. The van der Waals surface area contributed by atoms with Gasteiger partial charge >= 0.3 is 0 Å². The molecule has 2 rings (SSSR count). The van der Waals surface area contributed by atoms with Crippen molar-refractivity contribution >= 4 is 11.8 Å². The van der Waals surface area contributed by atoms with Gasteiger partial charge < -0.3 is 19.9 Å². The van der Waals surface area contributed by atoms with Crippen LogP contribution in [0.2, 0.25) is 0 Å². The minimum Gasteiger partial charge on any atom is -0.370 e. The van der Waals surface area contributed by atoms with E-state index in [0.717, 1.165) is 64.2 Å². The number of carbonyl (C=O) groups is 2. The predicted molar refractivity (Wildman–Crippen MR) is 111 cm³/mol. The Bertz CT molecular complexity index is 617. The third-order valence-corrected chi connectivity index (χ3v) is 5.16. The number of morpholine rings is 1. The molecule has 0 aromatic carbocycles. The van der Waals surface area contributed by atoms with Crippen molar-refractivity contribution in [3.63, 3.8) is 0 Å². The van der Waals surface area contributed by atoms with Crippen LogP contribution in [0.25, 0.3) is 0 Å². The Labute approximate surface area is 174 Å². The number of rotatable bonds is 12. The number of hydrogen-bond donors (Lipinski definition) is 2. The van der Waals surface area contributed by atoms with Crippen molar-refractivity contribution in [1.82, 2.24) is 20.2 Å². The number of aromatic nitrogens is 2. The van der Waals surface area contributed by atoms with Crippen molar-refractivity contribution in [2.75, 3.05) is 52.5 Å². The van der Waals surface area contributed by atoms with Gasteiger partial charge in [0.1, 0.15) is 18.8 Å². The van der Waals surface area contributed by atoms with Crippen LogP contribution in [-0.4, -0.2) is 79.2 Å². The molecule has 0 unspecified atom stereocenters. The molecule has 2 N–H and O–H groups in total. The van der Waals surface area contributed by atoms with Crippen LogP contribution < -0.4 is 10.2 Å². The summed E-state index contributed by atoms with van der Waals surface area (Å²) < 4.78 is 5.40. The first-order valence-corrected chi connectivity index (χ1v) is 10.9. The molecule has 0 aliphatic carbocycles. The fourth-order valence-electron chi connectivity index (χ4n) is 3.34. The summed E-state index contributed by atoms with van der Waals surface area (Å²) in [7, 11) is 0. The third-order valence-electron chi connectivity index (χ3n) is 5.16. The van der Waals surface area contributed by atoms with Crippen LogP contribution in [0, 0.1) is 6.92 Å². The molecule has 0 bridgehead atoms. The van der Waals surface area contributed by atoms with Crippen LogP contribution in [0.4, 0.5) is 0 Å². The number of nitrogens with one attached hydrogen (secondary N) is 2. The van der Waals surface area contributed by atoms with Gasteiger partial charge in [-0.1, -0.05) is 19.8 Å². The highest BCUT2D eigenvalue weighted by atomic mass is 16.5. The Morgan fingerprint density at radius 2 is 1.93 bits per heavy atom. The van der Waals surface area contributed by atoms with E-state index < -0.39 is 0 Å². The number of ether oxygens (including phenoxy) is 1. The molecule has 29 heavy (non-hydrogen) atoms.